The van der Waals surface area contributed by atoms with Crippen molar-refractivity contribution in [2.45, 2.75) is 0 Å². The molecule has 0 saturated carbocycles. The molecule has 0 aliphatic heterocycles. The first kappa shape index (κ1) is 14.0. The molecule has 1 aromatic rings. The lowest BCUT2D eigenvalue weighted by atomic mass is 10.3. The second-order valence-corrected chi connectivity index (χ2v) is 4.34. The van der Waals surface area contributed by atoms with Crippen LogP contribution in [0, 0.1) is 0 Å². The van der Waals surface area contributed by atoms with E-state index in [-0.39, 0.29) is 23.0 Å². The Balaban J connectivity index is 2.67. The fourth-order valence-electron chi connectivity index (χ4n) is 1.13. The zero-order valence-electron chi connectivity index (χ0n) is 9.89. The molecule has 0 spiro atoms. The summed E-state index contributed by atoms with van der Waals surface area (Å²) in [5, 5.41) is 15.5. The Bertz CT molecular complexity index is 471. The summed E-state index contributed by atoms with van der Waals surface area (Å²) in [5.74, 6) is -1.42. The molecular formula is C10H13N3O4S. The highest BCUT2D eigenvalue weighted by Crippen LogP contribution is 2.23. The van der Waals surface area contributed by atoms with Crippen LogP contribution in [-0.4, -0.2) is 48.6 Å². The molecule has 7 nitrogen and oxygen atoms in total. The molecule has 3 N–H and O–H groups in total. The lowest BCUT2D eigenvalue weighted by Crippen LogP contribution is -2.39. The lowest BCUT2D eigenvalue weighted by Gasteiger charge is -2.16. The number of thiophene rings is 1. The highest BCUT2D eigenvalue weighted by atomic mass is 32.1. The van der Waals surface area contributed by atoms with Gasteiger partial charge in [-0.3, -0.25) is 10.1 Å². The van der Waals surface area contributed by atoms with E-state index in [4.69, 9.17) is 5.11 Å². The molecular weight excluding hydrogens is 258 g/mol. The lowest BCUT2D eigenvalue weighted by molar-refractivity contribution is -0.120. The van der Waals surface area contributed by atoms with Gasteiger partial charge in [0, 0.05) is 14.1 Å². The smallest absolute Gasteiger partial charge is 0.338 e. The molecule has 0 saturated heterocycles. The minimum Gasteiger partial charge on any atom is -0.478 e. The average Bonchev–Trinajstić information content (AvgIpc) is 2.76. The number of nitrogens with zero attached hydrogens (tertiary/aromatic N) is 1. The first-order chi connectivity index (χ1) is 8.45. The van der Waals surface area contributed by atoms with Crippen LogP contribution in [0.4, 0.5) is 9.80 Å². The standard InChI is InChI=1S/C10H13N3O4S/c1-11-7(14)5-13(2)10(17)12-8-6(9(15)16)3-4-18-8/h3-4H,5H2,1-2H3,(H,11,14)(H,12,17)(H,15,16). The number of carbonyl (C=O) groups excluding carboxylic acids is 2. The van der Waals surface area contributed by atoms with Crippen molar-refractivity contribution in [1.82, 2.24) is 10.2 Å². The van der Waals surface area contributed by atoms with Crippen molar-refractivity contribution in [2.75, 3.05) is 26.0 Å². The maximum atomic E-state index is 11.7. The Hall–Kier alpha value is -2.09. The second-order valence-electron chi connectivity index (χ2n) is 3.43. The summed E-state index contributed by atoms with van der Waals surface area (Å²) in [4.78, 5) is 34.8. The number of aromatic carboxylic acids is 1. The minimum atomic E-state index is -1.11. The van der Waals surface area contributed by atoms with E-state index in [1.807, 2.05) is 0 Å². The van der Waals surface area contributed by atoms with E-state index in [9.17, 15) is 14.4 Å². The number of amides is 3. The summed E-state index contributed by atoms with van der Waals surface area (Å²) in [6.45, 7) is -0.101. The molecule has 0 fully saturated rings. The predicted molar refractivity (Wildman–Crippen MR) is 67.0 cm³/mol. The average molecular weight is 271 g/mol. The van der Waals surface area contributed by atoms with Gasteiger partial charge in [0.05, 0.1) is 5.56 Å². The molecule has 1 aromatic heterocycles. The molecule has 0 radical (unpaired) electrons. The van der Waals surface area contributed by atoms with Crippen molar-refractivity contribution in [1.29, 1.82) is 0 Å². The zero-order valence-corrected chi connectivity index (χ0v) is 10.7. The number of hydrogen-bond donors (Lipinski definition) is 3. The van der Waals surface area contributed by atoms with Gasteiger partial charge in [-0.1, -0.05) is 0 Å². The van der Waals surface area contributed by atoms with Gasteiger partial charge in [0.25, 0.3) is 0 Å². The first-order valence-corrected chi connectivity index (χ1v) is 5.87. The number of hydrogen-bond acceptors (Lipinski definition) is 4. The molecule has 3 amide bonds. The number of nitrogens with one attached hydrogen (secondary N) is 2. The van der Waals surface area contributed by atoms with Gasteiger partial charge < -0.3 is 15.3 Å². The Morgan fingerprint density at radius 3 is 2.67 bits per heavy atom. The SMILES string of the molecule is CNC(=O)CN(C)C(=O)Nc1sccc1C(=O)O. The van der Waals surface area contributed by atoms with E-state index in [0.29, 0.717) is 0 Å². The van der Waals surface area contributed by atoms with Crippen LogP contribution in [0.3, 0.4) is 0 Å². The second kappa shape index (κ2) is 6.01. The van der Waals surface area contributed by atoms with Crippen molar-refractivity contribution in [3.8, 4) is 0 Å². The molecule has 18 heavy (non-hydrogen) atoms. The third kappa shape index (κ3) is 3.45. The number of carboxylic acid groups (broad SMARTS) is 1. The van der Waals surface area contributed by atoms with E-state index in [1.165, 1.54) is 20.2 Å². The molecule has 1 heterocycles. The summed E-state index contributed by atoms with van der Waals surface area (Å²) >= 11 is 1.11. The summed E-state index contributed by atoms with van der Waals surface area (Å²) in [5.41, 5.74) is 0.0293. The largest absolute Gasteiger partial charge is 0.478 e. The maximum absolute atomic E-state index is 11.7. The molecule has 0 atom stereocenters. The Morgan fingerprint density at radius 2 is 2.11 bits per heavy atom. The van der Waals surface area contributed by atoms with E-state index in [1.54, 1.807) is 5.38 Å². The number of rotatable bonds is 4. The summed E-state index contributed by atoms with van der Waals surface area (Å²) in [6, 6.07) is 0.866. The van der Waals surface area contributed by atoms with Crippen LogP contribution in [0.2, 0.25) is 0 Å². The highest BCUT2D eigenvalue weighted by molar-refractivity contribution is 7.14. The molecule has 0 aliphatic rings. The van der Waals surface area contributed by atoms with E-state index < -0.39 is 12.0 Å². The normalized spacial score (nSPS) is 9.67. The molecule has 0 aromatic carbocycles. The van der Waals surface area contributed by atoms with Gasteiger partial charge in [0.15, 0.2) is 0 Å². The van der Waals surface area contributed by atoms with Crippen LogP contribution in [0.5, 0.6) is 0 Å². The topological polar surface area (TPSA) is 98.7 Å². The third-order valence-corrected chi connectivity index (χ3v) is 2.95. The predicted octanol–water partition coefficient (Wildman–Crippen LogP) is 0.656. The van der Waals surface area contributed by atoms with Crippen molar-refractivity contribution >= 4 is 34.2 Å². The van der Waals surface area contributed by atoms with Crippen LogP contribution < -0.4 is 10.6 Å². The van der Waals surface area contributed by atoms with E-state index >= 15 is 0 Å². The van der Waals surface area contributed by atoms with Crippen molar-refractivity contribution < 1.29 is 19.5 Å². The van der Waals surface area contributed by atoms with Gasteiger partial charge >= 0.3 is 12.0 Å². The number of urea groups is 1. The summed E-state index contributed by atoms with van der Waals surface area (Å²) in [7, 11) is 2.91. The van der Waals surface area contributed by atoms with Crippen LogP contribution in [-0.2, 0) is 4.79 Å². The first-order valence-electron chi connectivity index (χ1n) is 4.99. The van der Waals surface area contributed by atoms with Crippen LogP contribution >= 0.6 is 11.3 Å². The monoisotopic (exact) mass is 271 g/mol. The molecule has 0 aliphatic carbocycles. The van der Waals surface area contributed by atoms with Crippen LogP contribution in [0.15, 0.2) is 11.4 Å². The van der Waals surface area contributed by atoms with Crippen molar-refractivity contribution in [3.63, 3.8) is 0 Å². The summed E-state index contributed by atoms with van der Waals surface area (Å²) in [6.07, 6.45) is 0. The molecule has 0 unspecified atom stereocenters. The van der Waals surface area contributed by atoms with Gasteiger partial charge in [-0.25, -0.2) is 9.59 Å². The van der Waals surface area contributed by atoms with Crippen molar-refractivity contribution in [2.24, 2.45) is 0 Å². The quantitative estimate of drug-likeness (QED) is 0.749. The Morgan fingerprint density at radius 1 is 1.44 bits per heavy atom. The van der Waals surface area contributed by atoms with E-state index in [2.05, 4.69) is 10.6 Å². The Labute approximate surface area is 107 Å². The number of carbonyl (C=O) groups is 3. The Kier molecular flexibility index (Phi) is 4.67. The van der Waals surface area contributed by atoms with Crippen molar-refractivity contribution in [3.05, 3.63) is 17.0 Å². The van der Waals surface area contributed by atoms with Gasteiger partial charge in [0.1, 0.15) is 11.5 Å². The fourth-order valence-corrected chi connectivity index (χ4v) is 1.90. The van der Waals surface area contributed by atoms with Crippen LogP contribution in [0.1, 0.15) is 10.4 Å². The molecule has 1 rings (SSSR count). The number of carboxylic acids is 1. The van der Waals surface area contributed by atoms with E-state index in [0.717, 1.165) is 16.2 Å². The third-order valence-electron chi connectivity index (χ3n) is 2.12. The van der Waals surface area contributed by atoms with Gasteiger partial charge in [0.2, 0.25) is 5.91 Å². The van der Waals surface area contributed by atoms with Gasteiger partial charge in [-0.2, -0.15) is 0 Å². The maximum Gasteiger partial charge on any atom is 0.338 e. The highest BCUT2D eigenvalue weighted by Gasteiger charge is 2.17. The molecule has 98 valence electrons. The number of likely N-dealkylation sites (N-methyl/N-ethyl adjacent to an activating group) is 2. The molecule has 8 heteroatoms. The zero-order chi connectivity index (χ0) is 13.7. The summed E-state index contributed by atoms with van der Waals surface area (Å²) < 4.78 is 0. The van der Waals surface area contributed by atoms with Gasteiger partial charge in [-0.05, 0) is 11.4 Å². The van der Waals surface area contributed by atoms with Gasteiger partial charge in [-0.15, -0.1) is 11.3 Å². The van der Waals surface area contributed by atoms with Crippen LogP contribution in [0.25, 0.3) is 0 Å². The fraction of sp³-hybridized carbons (Fsp3) is 0.300. The molecule has 0 bridgehead atoms. The minimum absolute atomic E-state index is 0.0293. The number of anilines is 1.